The van der Waals surface area contributed by atoms with E-state index in [1.807, 2.05) is 0 Å². The first kappa shape index (κ1) is 51.5. The second-order valence-corrected chi connectivity index (χ2v) is 23.9. The third-order valence-corrected chi connectivity index (χ3v) is 19.3. The maximum Gasteiger partial charge on any atom is 0.312 e. The molecule has 5 aliphatic carbocycles. The summed E-state index contributed by atoms with van der Waals surface area (Å²) in [7, 11) is 0. The summed E-state index contributed by atoms with van der Waals surface area (Å²) in [6.45, 7) is 17.8. The summed E-state index contributed by atoms with van der Waals surface area (Å²) in [5.74, 6) is -1.22. The number of nitrogens with one attached hydrogen (secondary N) is 1. The number of hydrogen-bond acceptors (Lipinski definition) is 16. The third kappa shape index (κ3) is 8.26. The number of carboxylic acid groups (broad SMARTS) is 1. The van der Waals surface area contributed by atoms with Crippen LogP contribution >= 0.6 is 0 Å². The summed E-state index contributed by atoms with van der Waals surface area (Å²) < 4.78 is 36.4. The molecule has 8 rings (SSSR count). The zero-order valence-electron chi connectivity index (χ0n) is 40.6. The highest BCUT2D eigenvalue weighted by Crippen LogP contribution is 2.76. The average molecular weight is 954 g/mol. The van der Waals surface area contributed by atoms with Gasteiger partial charge in [-0.1, -0.05) is 60.1 Å². The zero-order valence-corrected chi connectivity index (χ0v) is 40.6. The summed E-state index contributed by atoms with van der Waals surface area (Å²) in [6, 6.07) is -1.17. The van der Waals surface area contributed by atoms with Gasteiger partial charge >= 0.3 is 5.97 Å². The molecule has 8 aliphatic rings. The maximum absolute atomic E-state index is 13.2. The van der Waals surface area contributed by atoms with Gasteiger partial charge in [0.25, 0.3) is 0 Å². The number of allylic oxidation sites excluding steroid dienone is 2. The molecule has 10 N–H and O–H groups in total. The molecule has 0 aromatic rings. The second-order valence-electron chi connectivity index (χ2n) is 23.9. The van der Waals surface area contributed by atoms with Gasteiger partial charge in [0, 0.05) is 6.92 Å². The molecule has 0 unspecified atom stereocenters. The fourth-order valence-electron chi connectivity index (χ4n) is 15.2. The van der Waals surface area contributed by atoms with E-state index in [0.29, 0.717) is 19.3 Å². The Morgan fingerprint density at radius 2 is 1.46 bits per heavy atom. The van der Waals surface area contributed by atoms with Crippen molar-refractivity contribution in [2.24, 2.45) is 50.2 Å². The van der Waals surface area contributed by atoms with E-state index in [1.54, 1.807) is 0 Å². The molecule has 3 heterocycles. The number of rotatable bonds is 9. The molecule has 1 amide bonds. The lowest BCUT2D eigenvalue weighted by Gasteiger charge is -2.71. The van der Waals surface area contributed by atoms with Crippen LogP contribution in [0.4, 0.5) is 0 Å². The predicted molar refractivity (Wildman–Crippen MR) is 236 cm³/mol. The molecular formula is C49H79NO17. The quantitative estimate of drug-likeness (QED) is 0.116. The number of carbonyl (C=O) groups is 2. The molecule has 18 heteroatoms. The van der Waals surface area contributed by atoms with E-state index in [9.17, 15) is 55.5 Å². The molecule has 382 valence electrons. The van der Waals surface area contributed by atoms with Crippen molar-refractivity contribution >= 4 is 11.9 Å². The number of carboxylic acids is 1. The van der Waals surface area contributed by atoms with Crippen LogP contribution in [0.15, 0.2) is 11.6 Å². The van der Waals surface area contributed by atoms with Gasteiger partial charge in [0.2, 0.25) is 5.91 Å². The van der Waals surface area contributed by atoms with Crippen molar-refractivity contribution in [2.75, 3.05) is 13.2 Å². The fraction of sp³-hybridized carbons (Fsp3) is 0.918. The highest BCUT2D eigenvalue weighted by molar-refractivity contribution is 5.77. The Kier molecular flexibility index (Phi) is 13.8. The minimum absolute atomic E-state index is 0.0448. The van der Waals surface area contributed by atoms with Gasteiger partial charge < -0.3 is 79.7 Å². The van der Waals surface area contributed by atoms with Gasteiger partial charge in [0.1, 0.15) is 66.4 Å². The van der Waals surface area contributed by atoms with E-state index in [2.05, 4.69) is 59.9 Å². The van der Waals surface area contributed by atoms with Crippen LogP contribution in [0.2, 0.25) is 0 Å². The van der Waals surface area contributed by atoms with E-state index in [4.69, 9.17) is 28.4 Å². The van der Waals surface area contributed by atoms with Crippen LogP contribution in [0.5, 0.6) is 0 Å². The van der Waals surface area contributed by atoms with E-state index in [-0.39, 0.29) is 40.6 Å². The summed E-state index contributed by atoms with van der Waals surface area (Å²) in [6.07, 6.45) is -11.7. The monoisotopic (exact) mass is 954 g/mol. The number of aliphatic hydroxyl groups excluding tert-OH is 8. The van der Waals surface area contributed by atoms with Crippen LogP contribution in [-0.2, 0) is 38.0 Å². The maximum atomic E-state index is 13.2. The second kappa shape index (κ2) is 18.0. The molecule has 0 aromatic carbocycles. The van der Waals surface area contributed by atoms with Crippen LogP contribution in [-0.4, -0.2) is 169 Å². The number of amides is 1. The van der Waals surface area contributed by atoms with Crippen LogP contribution in [0.1, 0.15) is 120 Å². The first-order valence-electron chi connectivity index (χ1n) is 24.6. The summed E-state index contributed by atoms with van der Waals surface area (Å²) in [5.41, 5.74) is -1.27. The standard InChI is InChI=1S/C49H79NO17/c1-22-33(54)37(58)39(67-41-38(59)34(55)26(52)20-62-41)42(64-22)63-21-27-35(56)36(57)32(50-23(2)51)40(65-27)66-31-13-14-46(7)28(45(31,5)6)12-15-47(8)29(46)11-10-24-25-18-44(3,4)16-17-49(25,43(60)61)30(53)19-48(24,47)9/h10,22,25-42,52-59H,11-21H2,1-9H3,(H,50,51)(H,60,61)/t22-,25+,26+,27-,28+,29+,30-,31+,32-,33+,34+,35-,36-,37+,38-,39-,40+,41+,42-,46+,47-,48-,49-/m1/s1. The molecule has 0 radical (unpaired) electrons. The Morgan fingerprint density at radius 1 is 0.761 bits per heavy atom. The van der Waals surface area contributed by atoms with E-state index in [0.717, 1.165) is 38.5 Å². The first-order valence-corrected chi connectivity index (χ1v) is 24.6. The smallest absolute Gasteiger partial charge is 0.312 e. The van der Waals surface area contributed by atoms with Crippen molar-refractivity contribution in [3.8, 4) is 0 Å². The first-order chi connectivity index (χ1) is 31.1. The molecule has 3 saturated heterocycles. The largest absolute Gasteiger partial charge is 0.481 e. The van der Waals surface area contributed by atoms with Gasteiger partial charge in [-0.2, -0.15) is 0 Å². The van der Waals surface area contributed by atoms with E-state index >= 15 is 0 Å². The van der Waals surface area contributed by atoms with Crippen molar-refractivity contribution in [1.29, 1.82) is 0 Å². The molecule has 3 aliphatic heterocycles. The van der Waals surface area contributed by atoms with Gasteiger partial charge in [-0.05, 0) is 110 Å². The van der Waals surface area contributed by atoms with Crippen LogP contribution in [0.25, 0.3) is 0 Å². The molecule has 0 spiro atoms. The number of carbonyl (C=O) groups excluding carboxylic acids is 1. The van der Waals surface area contributed by atoms with Crippen molar-refractivity contribution < 1.29 is 84.0 Å². The number of fused-ring (bicyclic) bond motifs is 7. The molecule has 0 aromatic heterocycles. The Bertz CT molecular complexity index is 1880. The lowest BCUT2D eigenvalue weighted by Crippen LogP contribution is -2.68. The SMILES string of the molecule is CC(=O)N[C@H]1[C@H](O[C@H]2CC[C@@]3(C)[C@@H](CC[C@]4(C)[C@H]3CC=C3[C@@H]5CC(C)(C)CC[C@]5(C(=O)O)[C@H](O)C[C@]34C)C2(C)C)O[C@H](CO[C@@H]2O[C@H](C)[C@H](O)[C@H](O)[C@H]2O[C@@H]2OC[C@H](O)[C@H](O)[C@H]2O)[C@@H](O)[C@@H]1O. The Hall–Kier alpha value is -1.88. The molecule has 4 saturated carbocycles. The number of ether oxygens (including phenoxy) is 6. The van der Waals surface area contributed by atoms with Gasteiger partial charge in [-0.15, -0.1) is 0 Å². The van der Waals surface area contributed by atoms with Gasteiger partial charge in [-0.3, -0.25) is 9.59 Å². The van der Waals surface area contributed by atoms with Crippen molar-refractivity contribution in [3.05, 3.63) is 11.6 Å². The van der Waals surface area contributed by atoms with E-state index < -0.39 is 133 Å². The Balaban J connectivity index is 1.01. The fourth-order valence-corrected chi connectivity index (χ4v) is 15.2. The van der Waals surface area contributed by atoms with Gasteiger partial charge in [0.15, 0.2) is 18.9 Å². The normalized spacial score (nSPS) is 52.6. The Morgan fingerprint density at radius 3 is 2.13 bits per heavy atom. The van der Waals surface area contributed by atoms with Crippen LogP contribution in [0, 0.1) is 50.2 Å². The molecule has 0 bridgehead atoms. The average Bonchev–Trinajstić information content (AvgIpc) is 3.24. The zero-order chi connectivity index (χ0) is 49.1. The molecule has 23 atom stereocenters. The molecule has 67 heavy (non-hydrogen) atoms. The molecular weight excluding hydrogens is 875 g/mol. The van der Waals surface area contributed by atoms with Crippen molar-refractivity contribution in [3.63, 3.8) is 0 Å². The highest BCUT2D eigenvalue weighted by atomic mass is 16.8. The molecule has 18 nitrogen and oxygen atoms in total. The van der Waals surface area contributed by atoms with Crippen LogP contribution in [0.3, 0.4) is 0 Å². The minimum Gasteiger partial charge on any atom is -0.481 e. The van der Waals surface area contributed by atoms with E-state index in [1.165, 1.54) is 19.4 Å². The van der Waals surface area contributed by atoms with Gasteiger partial charge in [0.05, 0.1) is 31.5 Å². The molecule has 7 fully saturated rings. The summed E-state index contributed by atoms with van der Waals surface area (Å²) in [4.78, 5) is 25.8. The highest BCUT2D eigenvalue weighted by Gasteiger charge is 2.71. The number of aliphatic hydroxyl groups is 8. The Labute approximate surface area is 393 Å². The summed E-state index contributed by atoms with van der Waals surface area (Å²) in [5, 5.41) is 101. The summed E-state index contributed by atoms with van der Waals surface area (Å²) >= 11 is 0. The lowest BCUT2D eigenvalue weighted by molar-refractivity contribution is -0.361. The minimum atomic E-state index is -1.72. The predicted octanol–water partition coefficient (Wildman–Crippen LogP) is 1.49. The van der Waals surface area contributed by atoms with Crippen molar-refractivity contribution in [1.82, 2.24) is 5.32 Å². The number of hydrogen-bond donors (Lipinski definition) is 10. The lowest BCUT2D eigenvalue weighted by atomic mass is 9.33. The number of aliphatic carboxylic acids is 1. The third-order valence-electron chi connectivity index (χ3n) is 19.3. The van der Waals surface area contributed by atoms with Crippen LogP contribution < -0.4 is 5.32 Å². The van der Waals surface area contributed by atoms with Gasteiger partial charge in [-0.25, -0.2) is 0 Å². The topological polar surface area (TPSA) is 284 Å². The van der Waals surface area contributed by atoms with Crippen molar-refractivity contribution in [2.45, 2.75) is 218 Å².